The van der Waals surface area contributed by atoms with Gasteiger partial charge in [-0.1, -0.05) is 6.07 Å². The minimum absolute atomic E-state index is 0.0668. The lowest BCUT2D eigenvalue weighted by atomic mass is 9.97. The Morgan fingerprint density at radius 3 is 2.82 bits per heavy atom. The molecule has 0 spiro atoms. The number of nitrogens with zero attached hydrogens (tertiary/aromatic N) is 2. The third kappa shape index (κ3) is 3.44. The highest BCUT2D eigenvalue weighted by atomic mass is 16.1. The second-order valence-corrected chi connectivity index (χ2v) is 4.56. The van der Waals surface area contributed by atoms with Gasteiger partial charge in [0.05, 0.1) is 0 Å². The summed E-state index contributed by atoms with van der Waals surface area (Å²) in [6.07, 6.45) is 4.08. The van der Waals surface area contributed by atoms with Gasteiger partial charge in [-0.15, -0.1) is 0 Å². The number of piperidine rings is 1. The zero-order valence-corrected chi connectivity index (χ0v) is 10.2. The summed E-state index contributed by atoms with van der Waals surface area (Å²) in [6.45, 7) is 4.44. The average Bonchev–Trinajstić information content (AvgIpc) is 2.38. The van der Waals surface area contributed by atoms with Gasteiger partial charge in [0.15, 0.2) is 0 Å². The van der Waals surface area contributed by atoms with Crippen molar-refractivity contribution in [3.63, 3.8) is 0 Å². The molecule has 4 nitrogen and oxygen atoms in total. The van der Waals surface area contributed by atoms with Crippen LogP contribution in [0.5, 0.6) is 0 Å². The van der Waals surface area contributed by atoms with Gasteiger partial charge in [0.25, 0.3) is 0 Å². The molecule has 1 amide bonds. The van der Waals surface area contributed by atoms with Crippen molar-refractivity contribution in [2.75, 3.05) is 24.5 Å². The van der Waals surface area contributed by atoms with Gasteiger partial charge in [0.1, 0.15) is 5.82 Å². The van der Waals surface area contributed by atoms with Crippen molar-refractivity contribution in [2.24, 2.45) is 5.92 Å². The van der Waals surface area contributed by atoms with Crippen LogP contribution < -0.4 is 10.2 Å². The molecule has 1 aliphatic heterocycles. The molecule has 1 aromatic heterocycles. The van der Waals surface area contributed by atoms with Crippen molar-refractivity contribution >= 4 is 11.7 Å². The van der Waals surface area contributed by atoms with Gasteiger partial charge in [0, 0.05) is 32.8 Å². The molecule has 2 rings (SSSR count). The van der Waals surface area contributed by atoms with Gasteiger partial charge in [-0.2, -0.15) is 0 Å². The average molecular weight is 233 g/mol. The normalized spacial score (nSPS) is 16.9. The highest BCUT2D eigenvalue weighted by Gasteiger charge is 2.19. The number of anilines is 1. The van der Waals surface area contributed by atoms with Crippen molar-refractivity contribution in [3.05, 3.63) is 24.4 Å². The molecular formula is C13H19N3O. The van der Waals surface area contributed by atoms with Crippen molar-refractivity contribution in [2.45, 2.75) is 19.8 Å². The first-order valence-corrected chi connectivity index (χ1v) is 6.16. The van der Waals surface area contributed by atoms with E-state index in [0.717, 1.165) is 38.3 Å². The van der Waals surface area contributed by atoms with Gasteiger partial charge in [-0.05, 0) is 30.9 Å². The second kappa shape index (κ2) is 5.66. The topological polar surface area (TPSA) is 45.2 Å². The van der Waals surface area contributed by atoms with Gasteiger partial charge in [-0.25, -0.2) is 4.98 Å². The number of hydrogen-bond acceptors (Lipinski definition) is 3. The van der Waals surface area contributed by atoms with Crippen LogP contribution in [0.15, 0.2) is 24.4 Å². The van der Waals surface area contributed by atoms with Gasteiger partial charge in [-0.3, -0.25) is 4.79 Å². The summed E-state index contributed by atoms with van der Waals surface area (Å²) >= 11 is 0. The fraction of sp³-hybridized carbons (Fsp3) is 0.538. The highest BCUT2D eigenvalue weighted by molar-refractivity contribution is 5.72. The molecule has 1 aliphatic rings. The number of pyridine rings is 1. The Labute approximate surface area is 102 Å². The smallest absolute Gasteiger partial charge is 0.216 e. The Balaban J connectivity index is 1.80. The van der Waals surface area contributed by atoms with Crippen LogP contribution >= 0.6 is 0 Å². The summed E-state index contributed by atoms with van der Waals surface area (Å²) in [4.78, 5) is 17.5. The molecule has 0 aromatic carbocycles. The quantitative estimate of drug-likeness (QED) is 0.859. The van der Waals surface area contributed by atoms with Crippen LogP contribution in [0, 0.1) is 5.92 Å². The van der Waals surface area contributed by atoms with Crippen molar-refractivity contribution < 1.29 is 4.79 Å². The number of aromatic nitrogens is 1. The first-order valence-electron chi connectivity index (χ1n) is 6.16. The van der Waals surface area contributed by atoms with Crippen LogP contribution in [0.3, 0.4) is 0 Å². The maximum atomic E-state index is 10.8. The molecule has 0 radical (unpaired) electrons. The molecule has 0 atom stereocenters. The zero-order chi connectivity index (χ0) is 12.1. The van der Waals surface area contributed by atoms with Gasteiger partial charge in [0.2, 0.25) is 5.91 Å². The molecular weight excluding hydrogens is 214 g/mol. The molecule has 1 saturated heterocycles. The summed E-state index contributed by atoms with van der Waals surface area (Å²) in [5.74, 6) is 1.74. The van der Waals surface area contributed by atoms with E-state index >= 15 is 0 Å². The predicted octanol–water partition coefficient (Wildman–Crippen LogP) is 1.43. The van der Waals surface area contributed by atoms with E-state index in [0.29, 0.717) is 5.92 Å². The summed E-state index contributed by atoms with van der Waals surface area (Å²) in [5.41, 5.74) is 0. The molecule has 4 heteroatoms. The van der Waals surface area contributed by atoms with E-state index < -0.39 is 0 Å². The van der Waals surface area contributed by atoms with Crippen LogP contribution in [0.25, 0.3) is 0 Å². The molecule has 0 unspecified atom stereocenters. The SMILES string of the molecule is CC(=O)NCC1CCN(c2ccccn2)CC1. The van der Waals surface area contributed by atoms with E-state index in [-0.39, 0.29) is 5.91 Å². The Bertz CT molecular complexity index is 358. The van der Waals surface area contributed by atoms with Crippen LogP contribution in [-0.2, 0) is 4.79 Å². The van der Waals surface area contributed by atoms with E-state index in [4.69, 9.17) is 0 Å². The Kier molecular flexibility index (Phi) is 3.96. The number of hydrogen-bond donors (Lipinski definition) is 1. The molecule has 1 fully saturated rings. The number of carbonyl (C=O) groups is 1. The Hall–Kier alpha value is -1.58. The van der Waals surface area contributed by atoms with Crippen LogP contribution in [0.1, 0.15) is 19.8 Å². The third-order valence-corrected chi connectivity index (χ3v) is 3.23. The minimum atomic E-state index is 0.0668. The maximum absolute atomic E-state index is 10.8. The van der Waals surface area contributed by atoms with E-state index in [2.05, 4.69) is 15.2 Å². The molecule has 0 bridgehead atoms. The first kappa shape index (κ1) is 11.9. The number of carbonyl (C=O) groups excluding carboxylic acids is 1. The Morgan fingerprint density at radius 2 is 2.24 bits per heavy atom. The zero-order valence-electron chi connectivity index (χ0n) is 10.2. The monoisotopic (exact) mass is 233 g/mol. The Morgan fingerprint density at radius 1 is 1.47 bits per heavy atom. The third-order valence-electron chi connectivity index (χ3n) is 3.23. The van der Waals surface area contributed by atoms with Crippen LogP contribution in [0.4, 0.5) is 5.82 Å². The van der Waals surface area contributed by atoms with Gasteiger partial charge >= 0.3 is 0 Å². The standard InChI is InChI=1S/C13H19N3O/c1-11(17)15-10-12-5-8-16(9-6-12)13-4-2-3-7-14-13/h2-4,7,12H,5-6,8-10H2,1H3,(H,15,17). The number of rotatable bonds is 3. The lowest BCUT2D eigenvalue weighted by molar-refractivity contribution is -0.119. The summed E-state index contributed by atoms with van der Waals surface area (Å²) < 4.78 is 0. The molecule has 2 heterocycles. The fourth-order valence-corrected chi connectivity index (χ4v) is 2.20. The lowest BCUT2D eigenvalue weighted by Crippen LogP contribution is -2.38. The summed E-state index contributed by atoms with van der Waals surface area (Å²) in [7, 11) is 0. The fourth-order valence-electron chi connectivity index (χ4n) is 2.20. The molecule has 1 aromatic rings. The van der Waals surface area contributed by atoms with E-state index in [1.807, 2.05) is 24.4 Å². The minimum Gasteiger partial charge on any atom is -0.357 e. The van der Waals surface area contributed by atoms with Crippen LogP contribution in [-0.4, -0.2) is 30.5 Å². The highest BCUT2D eigenvalue weighted by Crippen LogP contribution is 2.20. The molecule has 0 aliphatic carbocycles. The molecule has 0 saturated carbocycles. The lowest BCUT2D eigenvalue weighted by Gasteiger charge is -2.32. The van der Waals surface area contributed by atoms with Crippen molar-refractivity contribution in [1.82, 2.24) is 10.3 Å². The molecule has 1 N–H and O–H groups in total. The maximum Gasteiger partial charge on any atom is 0.216 e. The number of amides is 1. The summed E-state index contributed by atoms with van der Waals surface area (Å²) in [6, 6.07) is 6.01. The summed E-state index contributed by atoms with van der Waals surface area (Å²) in [5, 5.41) is 2.90. The van der Waals surface area contributed by atoms with Crippen molar-refractivity contribution in [3.8, 4) is 0 Å². The number of nitrogens with one attached hydrogen (secondary N) is 1. The molecule has 92 valence electrons. The first-order chi connectivity index (χ1) is 8.25. The predicted molar refractivity (Wildman–Crippen MR) is 67.9 cm³/mol. The van der Waals surface area contributed by atoms with E-state index in [1.165, 1.54) is 0 Å². The van der Waals surface area contributed by atoms with Gasteiger partial charge < -0.3 is 10.2 Å². The largest absolute Gasteiger partial charge is 0.357 e. The van der Waals surface area contributed by atoms with Crippen molar-refractivity contribution in [1.29, 1.82) is 0 Å². The van der Waals surface area contributed by atoms with E-state index in [9.17, 15) is 4.79 Å². The molecule has 17 heavy (non-hydrogen) atoms. The van der Waals surface area contributed by atoms with E-state index in [1.54, 1.807) is 6.92 Å². The second-order valence-electron chi connectivity index (χ2n) is 4.56. The van der Waals surface area contributed by atoms with Crippen LogP contribution in [0.2, 0.25) is 0 Å².